The number of carbonyl (C=O) groups is 3. The molecule has 1 aliphatic heterocycles. The fourth-order valence-corrected chi connectivity index (χ4v) is 4.53. The number of esters is 2. The van der Waals surface area contributed by atoms with Crippen molar-refractivity contribution in [1.82, 2.24) is 4.31 Å². The molecule has 1 N–H and O–H groups in total. The Bertz CT molecular complexity index is 1160. The van der Waals surface area contributed by atoms with Crippen LogP contribution in [0, 0.1) is 5.82 Å². The van der Waals surface area contributed by atoms with Crippen molar-refractivity contribution >= 4 is 33.6 Å². The monoisotopic (exact) mass is 480 g/mol. The number of sulfonamides is 1. The molecule has 1 fully saturated rings. The Kier molecular flexibility index (Phi) is 7.74. The van der Waals surface area contributed by atoms with E-state index in [4.69, 9.17) is 9.47 Å². The van der Waals surface area contributed by atoms with E-state index < -0.39 is 45.2 Å². The zero-order chi connectivity index (χ0) is 24.0. The second-order valence-corrected chi connectivity index (χ2v) is 8.73. The van der Waals surface area contributed by atoms with Crippen molar-refractivity contribution in [3.63, 3.8) is 0 Å². The topological polar surface area (TPSA) is 128 Å². The minimum absolute atomic E-state index is 0.0592. The van der Waals surface area contributed by atoms with Gasteiger partial charge in [0.2, 0.25) is 10.0 Å². The van der Waals surface area contributed by atoms with Crippen LogP contribution in [0.3, 0.4) is 0 Å². The molecular weight excluding hydrogens is 459 g/mol. The molecule has 0 spiro atoms. The summed E-state index contributed by atoms with van der Waals surface area (Å²) in [5.41, 5.74) is 0.0215. The number of rotatable bonds is 7. The van der Waals surface area contributed by atoms with Crippen molar-refractivity contribution < 1.29 is 41.4 Å². The molecule has 12 heteroatoms. The van der Waals surface area contributed by atoms with E-state index in [0.717, 1.165) is 22.5 Å². The lowest BCUT2D eigenvalue weighted by molar-refractivity contribution is -0.119. The lowest BCUT2D eigenvalue weighted by Gasteiger charge is -2.26. The number of anilines is 1. The van der Waals surface area contributed by atoms with Crippen molar-refractivity contribution in [3.8, 4) is 0 Å². The first kappa shape index (κ1) is 24.3. The van der Waals surface area contributed by atoms with Gasteiger partial charge in [-0.05, 0) is 30.3 Å². The molecule has 1 heterocycles. The van der Waals surface area contributed by atoms with Crippen LogP contribution in [0.25, 0.3) is 0 Å². The van der Waals surface area contributed by atoms with Crippen LogP contribution in [-0.2, 0) is 29.0 Å². The van der Waals surface area contributed by atoms with E-state index in [1.54, 1.807) is 12.1 Å². The molecule has 2 aromatic carbocycles. The molecule has 1 saturated heterocycles. The average molecular weight is 480 g/mol. The first-order valence-electron chi connectivity index (χ1n) is 9.76. The highest BCUT2D eigenvalue weighted by Crippen LogP contribution is 2.22. The van der Waals surface area contributed by atoms with Crippen molar-refractivity contribution in [1.29, 1.82) is 0 Å². The van der Waals surface area contributed by atoms with Crippen LogP contribution in [0.15, 0.2) is 47.4 Å². The number of nitrogens with zero attached hydrogens (tertiary/aromatic N) is 1. The van der Waals surface area contributed by atoms with Crippen molar-refractivity contribution in [3.05, 3.63) is 59.4 Å². The molecular formula is C21H21FN2O8S. The maximum atomic E-state index is 14.3. The zero-order valence-corrected chi connectivity index (χ0v) is 18.4. The van der Waals surface area contributed by atoms with Gasteiger partial charge in [0.05, 0.1) is 37.1 Å². The number of nitrogens with one attached hydrogen (secondary N) is 1. The SMILES string of the molecule is COC(=O)c1ccccc1NC(=O)COC(=O)c1ccc(F)c(S(=O)(=O)N2CCOCC2)c1. The fourth-order valence-electron chi connectivity index (χ4n) is 3.03. The first-order valence-corrected chi connectivity index (χ1v) is 11.2. The van der Waals surface area contributed by atoms with Crippen LogP contribution in [0.1, 0.15) is 20.7 Å². The zero-order valence-electron chi connectivity index (χ0n) is 17.6. The van der Waals surface area contributed by atoms with Gasteiger partial charge in [0.15, 0.2) is 6.61 Å². The molecule has 0 saturated carbocycles. The van der Waals surface area contributed by atoms with Crippen LogP contribution < -0.4 is 5.32 Å². The van der Waals surface area contributed by atoms with Gasteiger partial charge < -0.3 is 19.5 Å². The molecule has 176 valence electrons. The molecule has 0 aromatic heterocycles. The predicted octanol–water partition coefficient (Wildman–Crippen LogP) is 1.43. The predicted molar refractivity (Wildman–Crippen MR) is 113 cm³/mol. The molecule has 1 aliphatic rings. The summed E-state index contributed by atoms with van der Waals surface area (Å²) in [6.07, 6.45) is 0. The van der Waals surface area contributed by atoms with E-state index >= 15 is 0 Å². The molecule has 0 radical (unpaired) electrons. The second kappa shape index (κ2) is 10.5. The highest BCUT2D eigenvalue weighted by Gasteiger charge is 2.30. The van der Waals surface area contributed by atoms with Gasteiger partial charge in [-0.2, -0.15) is 4.31 Å². The Morgan fingerprint density at radius 2 is 1.79 bits per heavy atom. The third-order valence-corrected chi connectivity index (χ3v) is 6.61. The number of hydrogen-bond donors (Lipinski definition) is 1. The number of halogens is 1. The summed E-state index contributed by atoms with van der Waals surface area (Å²) in [7, 11) is -3.00. The van der Waals surface area contributed by atoms with E-state index in [9.17, 15) is 27.2 Å². The Morgan fingerprint density at radius 3 is 2.48 bits per heavy atom. The lowest BCUT2D eigenvalue weighted by Crippen LogP contribution is -2.41. The molecule has 10 nitrogen and oxygen atoms in total. The number of carbonyl (C=O) groups excluding carboxylic acids is 3. The quantitative estimate of drug-likeness (QED) is 0.590. The number of ether oxygens (including phenoxy) is 3. The van der Waals surface area contributed by atoms with Gasteiger partial charge in [0.25, 0.3) is 5.91 Å². The van der Waals surface area contributed by atoms with Gasteiger partial charge in [-0.15, -0.1) is 0 Å². The van der Waals surface area contributed by atoms with Gasteiger partial charge in [0, 0.05) is 13.1 Å². The molecule has 0 bridgehead atoms. The Morgan fingerprint density at radius 1 is 1.09 bits per heavy atom. The van der Waals surface area contributed by atoms with E-state index in [2.05, 4.69) is 10.1 Å². The minimum Gasteiger partial charge on any atom is -0.465 e. The Hall–Kier alpha value is -3.35. The van der Waals surface area contributed by atoms with Gasteiger partial charge in [-0.3, -0.25) is 4.79 Å². The van der Waals surface area contributed by atoms with Crippen LogP contribution in [0.5, 0.6) is 0 Å². The van der Waals surface area contributed by atoms with Crippen molar-refractivity contribution in [2.45, 2.75) is 4.90 Å². The third-order valence-electron chi connectivity index (χ3n) is 4.70. The average Bonchev–Trinajstić information content (AvgIpc) is 2.83. The summed E-state index contributed by atoms with van der Waals surface area (Å²) in [5.74, 6) is -3.45. The summed E-state index contributed by atoms with van der Waals surface area (Å²) >= 11 is 0. The number of amides is 1. The fraction of sp³-hybridized carbons (Fsp3) is 0.286. The first-order chi connectivity index (χ1) is 15.7. The summed E-state index contributed by atoms with van der Waals surface area (Å²) in [4.78, 5) is 35.6. The van der Waals surface area contributed by atoms with E-state index in [-0.39, 0.29) is 43.1 Å². The standard InChI is InChI=1S/C21H21FN2O8S/c1-30-21(27)15-4-2-3-5-17(15)23-19(25)13-32-20(26)14-6-7-16(22)18(12-14)33(28,29)24-8-10-31-11-9-24/h2-7,12H,8-11,13H2,1H3,(H,23,25). The normalized spacial score (nSPS) is 14.4. The summed E-state index contributed by atoms with van der Waals surface area (Å²) in [6, 6.07) is 8.85. The van der Waals surface area contributed by atoms with Crippen LogP contribution in [0.4, 0.5) is 10.1 Å². The number of morpholine rings is 1. The van der Waals surface area contributed by atoms with Crippen molar-refractivity contribution in [2.75, 3.05) is 45.3 Å². The smallest absolute Gasteiger partial charge is 0.339 e. The van der Waals surface area contributed by atoms with Gasteiger partial charge >= 0.3 is 11.9 Å². The number of benzene rings is 2. The molecule has 1 amide bonds. The van der Waals surface area contributed by atoms with Gasteiger partial charge in [-0.1, -0.05) is 12.1 Å². The highest BCUT2D eigenvalue weighted by atomic mass is 32.2. The third kappa shape index (κ3) is 5.72. The molecule has 2 aromatic rings. The maximum absolute atomic E-state index is 14.3. The minimum atomic E-state index is -4.19. The van der Waals surface area contributed by atoms with E-state index in [1.165, 1.54) is 19.2 Å². The lowest BCUT2D eigenvalue weighted by atomic mass is 10.2. The Balaban J connectivity index is 1.68. The highest BCUT2D eigenvalue weighted by molar-refractivity contribution is 7.89. The maximum Gasteiger partial charge on any atom is 0.339 e. The van der Waals surface area contributed by atoms with Crippen molar-refractivity contribution in [2.24, 2.45) is 0 Å². The van der Waals surface area contributed by atoms with Crippen LogP contribution in [-0.4, -0.2) is 70.6 Å². The molecule has 3 rings (SSSR count). The summed E-state index contributed by atoms with van der Waals surface area (Å²) in [6.45, 7) is -0.252. The number of methoxy groups -OCH3 is 1. The van der Waals surface area contributed by atoms with Gasteiger partial charge in [0.1, 0.15) is 10.7 Å². The van der Waals surface area contributed by atoms with E-state index in [1.807, 2.05) is 0 Å². The molecule has 33 heavy (non-hydrogen) atoms. The van der Waals surface area contributed by atoms with Crippen LogP contribution >= 0.6 is 0 Å². The molecule has 0 aliphatic carbocycles. The summed E-state index contributed by atoms with van der Waals surface area (Å²) < 4.78 is 55.5. The van der Waals surface area contributed by atoms with Gasteiger partial charge in [-0.25, -0.2) is 22.4 Å². The molecule has 0 atom stereocenters. The van der Waals surface area contributed by atoms with Crippen LogP contribution in [0.2, 0.25) is 0 Å². The number of hydrogen-bond acceptors (Lipinski definition) is 8. The molecule has 0 unspecified atom stereocenters. The number of para-hydroxylation sites is 1. The Labute approximate surface area is 189 Å². The summed E-state index contributed by atoms with van der Waals surface area (Å²) in [5, 5.41) is 2.43. The van der Waals surface area contributed by atoms with E-state index in [0.29, 0.717) is 0 Å². The largest absolute Gasteiger partial charge is 0.465 e. The second-order valence-electron chi connectivity index (χ2n) is 6.82.